The summed E-state index contributed by atoms with van der Waals surface area (Å²) in [6.07, 6.45) is -1.36. The Morgan fingerprint density at radius 3 is 2.57 bits per heavy atom. The quantitative estimate of drug-likeness (QED) is 0.652. The molecule has 2 heterocycles. The van der Waals surface area contributed by atoms with E-state index in [0.717, 1.165) is 31.5 Å². The average Bonchev–Trinajstić information content (AvgIpc) is 3.19. The Kier molecular flexibility index (Phi) is 7.27. The minimum absolute atomic E-state index is 0.150. The second-order valence-corrected chi connectivity index (χ2v) is 7.03. The van der Waals surface area contributed by atoms with E-state index in [-0.39, 0.29) is 23.4 Å². The van der Waals surface area contributed by atoms with Crippen LogP contribution in [0.25, 0.3) is 0 Å². The number of aromatic nitrogens is 3. The first-order valence-corrected chi connectivity index (χ1v) is 9.60. The van der Waals surface area contributed by atoms with Crippen molar-refractivity contribution in [2.75, 3.05) is 33.4 Å². The molecule has 0 spiro atoms. The second kappa shape index (κ2) is 9.90. The normalized spacial score (nSPS) is 15.9. The van der Waals surface area contributed by atoms with Gasteiger partial charge >= 0.3 is 6.36 Å². The van der Waals surface area contributed by atoms with Crippen LogP contribution in [0.1, 0.15) is 34.9 Å². The molecule has 0 saturated carbocycles. The molecule has 8 nitrogen and oxygen atoms in total. The predicted molar refractivity (Wildman–Crippen MR) is 101 cm³/mol. The lowest BCUT2D eigenvalue weighted by molar-refractivity contribution is -0.274. The summed E-state index contributed by atoms with van der Waals surface area (Å²) < 4.78 is 47.2. The Morgan fingerprint density at radius 1 is 1.23 bits per heavy atom. The molecule has 0 atom stereocenters. The van der Waals surface area contributed by atoms with Gasteiger partial charge in [0.05, 0.1) is 18.8 Å². The van der Waals surface area contributed by atoms with Crippen molar-refractivity contribution in [1.82, 2.24) is 25.2 Å². The molecule has 164 valence electrons. The van der Waals surface area contributed by atoms with Crippen molar-refractivity contribution < 1.29 is 27.4 Å². The number of carbonyl (C=O) groups is 1. The molecule has 0 radical (unpaired) electrons. The maximum absolute atomic E-state index is 12.2. The van der Waals surface area contributed by atoms with E-state index in [4.69, 9.17) is 4.74 Å². The van der Waals surface area contributed by atoms with Gasteiger partial charge in [-0.25, -0.2) is 4.68 Å². The van der Waals surface area contributed by atoms with E-state index >= 15 is 0 Å². The molecule has 1 aromatic heterocycles. The number of alkyl halides is 3. The Labute approximate surface area is 171 Å². The van der Waals surface area contributed by atoms with Gasteiger partial charge in [-0.15, -0.1) is 18.3 Å². The second-order valence-electron chi connectivity index (χ2n) is 7.03. The fraction of sp³-hybridized carbons (Fsp3) is 0.526. The summed E-state index contributed by atoms with van der Waals surface area (Å²) >= 11 is 0. The molecular formula is C19H24F3N5O3. The van der Waals surface area contributed by atoms with E-state index in [2.05, 4.69) is 25.3 Å². The van der Waals surface area contributed by atoms with Gasteiger partial charge in [-0.2, -0.15) is 0 Å². The van der Waals surface area contributed by atoms with Crippen LogP contribution < -0.4 is 10.1 Å². The van der Waals surface area contributed by atoms with E-state index in [1.54, 1.807) is 30.1 Å². The number of nitrogens with one attached hydrogen (secondary N) is 1. The number of amides is 1. The zero-order chi connectivity index (χ0) is 21.6. The van der Waals surface area contributed by atoms with Crippen LogP contribution in [0.2, 0.25) is 0 Å². The summed E-state index contributed by atoms with van der Waals surface area (Å²) in [5.41, 5.74) is 1.19. The van der Waals surface area contributed by atoms with Crippen LogP contribution in [-0.4, -0.2) is 65.5 Å². The molecule has 3 rings (SSSR count). The molecule has 11 heteroatoms. The molecule has 1 aliphatic rings. The first-order chi connectivity index (χ1) is 14.3. The Balaban J connectivity index is 1.46. The van der Waals surface area contributed by atoms with Gasteiger partial charge in [0.1, 0.15) is 5.75 Å². The number of carbonyl (C=O) groups excluding carboxylic acids is 1. The third-order valence-electron chi connectivity index (χ3n) is 4.83. The van der Waals surface area contributed by atoms with Crippen LogP contribution >= 0.6 is 0 Å². The summed E-state index contributed by atoms with van der Waals surface area (Å²) in [5.74, 6) is -0.508. The Morgan fingerprint density at radius 2 is 1.93 bits per heavy atom. The molecule has 1 aliphatic heterocycles. The number of likely N-dealkylation sites (tertiary alicyclic amines) is 1. The van der Waals surface area contributed by atoms with E-state index in [1.165, 1.54) is 12.1 Å². The first kappa shape index (κ1) is 22.0. The lowest BCUT2D eigenvalue weighted by Gasteiger charge is -2.31. The van der Waals surface area contributed by atoms with Gasteiger partial charge in [0, 0.05) is 33.3 Å². The van der Waals surface area contributed by atoms with Crippen molar-refractivity contribution >= 4 is 5.91 Å². The Hall–Kier alpha value is -2.66. The topological polar surface area (TPSA) is 81.5 Å². The van der Waals surface area contributed by atoms with Crippen LogP contribution in [0.15, 0.2) is 30.5 Å². The van der Waals surface area contributed by atoms with Gasteiger partial charge in [-0.3, -0.25) is 9.69 Å². The zero-order valence-electron chi connectivity index (χ0n) is 16.6. The molecule has 30 heavy (non-hydrogen) atoms. The van der Waals surface area contributed by atoms with E-state index < -0.39 is 6.36 Å². The molecule has 1 amide bonds. The third kappa shape index (κ3) is 6.42. The molecule has 2 aromatic rings. The summed E-state index contributed by atoms with van der Waals surface area (Å²) in [4.78, 5) is 14.2. The highest BCUT2D eigenvalue weighted by Crippen LogP contribution is 2.25. The van der Waals surface area contributed by atoms with Gasteiger partial charge < -0.3 is 14.8 Å². The average molecular weight is 427 g/mol. The molecule has 0 aliphatic carbocycles. The van der Waals surface area contributed by atoms with Crippen LogP contribution in [0.5, 0.6) is 5.75 Å². The van der Waals surface area contributed by atoms with Crippen LogP contribution in [0.3, 0.4) is 0 Å². The summed E-state index contributed by atoms with van der Waals surface area (Å²) in [5, 5.41) is 10.7. The number of piperidine rings is 1. The fourth-order valence-electron chi connectivity index (χ4n) is 3.31. The van der Waals surface area contributed by atoms with Gasteiger partial charge in [-0.05, 0) is 30.5 Å². The first-order valence-electron chi connectivity index (χ1n) is 9.60. The number of nitrogens with zero attached hydrogens (tertiary/aromatic N) is 4. The van der Waals surface area contributed by atoms with Gasteiger partial charge in [0.15, 0.2) is 5.69 Å². The molecule has 1 saturated heterocycles. The van der Waals surface area contributed by atoms with Gasteiger partial charge in [0.25, 0.3) is 5.91 Å². The summed E-state index contributed by atoms with van der Waals surface area (Å²) in [6, 6.07) is 6.07. The van der Waals surface area contributed by atoms with E-state index in [9.17, 15) is 18.0 Å². The van der Waals surface area contributed by atoms with E-state index in [1.807, 2.05) is 0 Å². The number of rotatable bonds is 8. The van der Waals surface area contributed by atoms with Crippen molar-refractivity contribution in [2.24, 2.45) is 0 Å². The van der Waals surface area contributed by atoms with E-state index in [0.29, 0.717) is 19.7 Å². The lowest BCUT2D eigenvalue weighted by atomic mass is 10.0. The molecule has 1 N–H and O–H groups in total. The van der Waals surface area contributed by atoms with Crippen LogP contribution in [0.4, 0.5) is 13.2 Å². The van der Waals surface area contributed by atoms with Gasteiger partial charge in [-0.1, -0.05) is 17.3 Å². The maximum atomic E-state index is 12.2. The maximum Gasteiger partial charge on any atom is 0.573 e. The van der Waals surface area contributed by atoms with Crippen molar-refractivity contribution in [2.45, 2.75) is 31.8 Å². The van der Waals surface area contributed by atoms with Crippen LogP contribution in [-0.2, 0) is 11.3 Å². The van der Waals surface area contributed by atoms with Crippen molar-refractivity contribution in [3.63, 3.8) is 0 Å². The summed E-state index contributed by atoms with van der Waals surface area (Å²) in [7, 11) is 1.56. The highest BCUT2D eigenvalue weighted by molar-refractivity contribution is 5.91. The fourth-order valence-corrected chi connectivity index (χ4v) is 3.31. The standard InChI is InChI=1S/C19H24F3N5O3/c1-29-11-8-23-18(28)17-13-27(25-24-17)15-6-9-26(10-7-15)12-14-2-4-16(5-3-14)30-19(20,21)22/h2-5,13,15H,6-12H2,1H3,(H,23,28). The number of ether oxygens (including phenoxy) is 2. The number of hydrogen-bond donors (Lipinski definition) is 1. The largest absolute Gasteiger partial charge is 0.573 e. The summed E-state index contributed by atoms with van der Waals surface area (Å²) in [6.45, 7) is 3.09. The highest BCUT2D eigenvalue weighted by atomic mass is 19.4. The smallest absolute Gasteiger partial charge is 0.406 e. The minimum Gasteiger partial charge on any atom is -0.406 e. The predicted octanol–water partition coefficient (Wildman–Crippen LogP) is 2.39. The number of hydrogen-bond acceptors (Lipinski definition) is 6. The number of benzene rings is 1. The van der Waals surface area contributed by atoms with Crippen LogP contribution in [0, 0.1) is 0 Å². The molecule has 1 aromatic carbocycles. The SMILES string of the molecule is COCCNC(=O)c1cn(C2CCN(Cc3ccc(OC(F)(F)F)cc3)CC2)nn1. The van der Waals surface area contributed by atoms with Crippen molar-refractivity contribution in [3.05, 3.63) is 41.7 Å². The monoisotopic (exact) mass is 427 g/mol. The number of halogens is 3. The Bertz CT molecular complexity index is 818. The lowest BCUT2D eigenvalue weighted by Crippen LogP contribution is -2.34. The molecule has 1 fully saturated rings. The minimum atomic E-state index is -4.69. The molecule has 0 bridgehead atoms. The molecule has 0 unspecified atom stereocenters. The van der Waals surface area contributed by atoms with Gasteiger partial charge in [0.2, 0.25) is 0 Å². The number of methoxy groups -OCH3 is 1. The van der Waals surface area contributed by atoms with Crippen molar-refractivity contribution in [1.29, 1.82) is 0 Å². The molecular weight excluding hydrogens is 403 g/mol. The third-order valence-corrected chi connectivity index (χ3v) is 4.83. The zero-order valence-corrected chi connectivity index (χ0v) is 16.6. The van der Waals surface area contributed by atoms with Crippen molar-refractivity contribution in [3.8, 4) is 5.75 Å². The highest BCUT2D eigenvalue weighted by Gasteiger charge is 2.31.